The number of amides is 2. The van der Waals surface area contributed by atoms with Gasteiger partial charge in [-0.3, -0.25) is 19.8 Å². The van der Waals surface area contributed by atoms with E-state index in [9.17, 15) is 14.4 Å². The Morgan fingerprint density at radius 1 is 1.11 bits per heavy atom. The fourth-order valence-electron chi connectivity index (χ4n) is 5.95. The van der Waals surface area contributed by atoms with Crippen molar-refractivity contribution in [1.82, 2.24) is 14.4 Å². The van der Waals surface area contributed by atoms with Crippen LogP contribution in [0.3, 0.4) is 0 Å². The van der Waals surface area contributed by atoms with Crippen LogP contribution in [0.5, 0.6) is 0 Å². The van der Waals surface area contributed by atoms with Crippen LogP contribution in [0.15, 0.2) is 24.3 Å². The second-order valence-corrected chi connectivity index (χ2v) is 10.2. The van der Waals surface area contributed by atoms with Crippen LogP contribution in [0.2, 0.25) is 0 Å². The summed E-state index contributed by atoms with van der Waals surface area (Å²) >= 11 is 0. The average molecular weight is 525 g/mol. The molecule has 0 saturated carbocycles. The first-order valence-electron chi connectivity index (χ1n) is 13.7. The summed E-state index contributed by atoms with van der Waals surface area (Å²) in [5.74, 6) is -0.802. The Hall–Kier alpha value is -3.40. The van der Waals surface area contributed by atoms with Crippen LogP contribution in [0.4, 0.5) is 0 Å². The minimum absolute atomic E-state index is 0.00481. The molecule has 10 heteroatoms. The fraction of sp³-hybridized carbons (Fsp3) is 0.571. The SMILES string of the molecule is CCOC(=O)[C@@H](N)CC(=O)N1CCC[C@@H]1C(=O)N1CCC[C@H]1CCc1cc2ccc(C(=N)N)cc2n1CC. The van der Waals surface area contributed by atoms with Crippen LogP contribution in [-0.2, 0) is 32.1 Å². The minimum Gasteiger partial charge on any atom is -0.465 e. The van der Waals surface area contributed by atoms with Gasteiger partial charge in [-0.1, -0.05) is 12.1 Å². The first-order chi connectivity index (χ1) is 18.2. The van der Waals surface area contributed by atoms with Crippen LogP contribution in [-0.4, -0.2) is 75.8 Å². The molecule has 0 aliphatic carbocycles. The number of carbonyl (C=O) groups excluding carboxylic acids is 3. The van der Waals surface area contributed by atoms with E-state index in [0.717, 1.165) is 49.6 Å². The third-order valence-electron chi connectivity index (χ3n) is 7.85. The lowest BCUT2D eigenvalue weighted by atomic mass is 10.1. The zero-order valence-corrected chi connectivity index (χ0v) is 22.4. The highest BCUT2D eigenvalue weighted by atomic mass is 16.5. The molecule has 2 aromatic rings. The summed E-state index contributed by atoms with van der Waals surface area (Å²) in [5, 5.41) is 8.88. The Bertz CT molecular complexity index is 1210. The van der Waals surface area contributed by atoms with Crippen molar-refractivity contribution in [1.29, 1.82) is 5.41 Å². The smallest absolute Gasteiger partial charge is 0.323 e. The molecule has 10 nitrogen and oxygen atoms in total. The highest BCUT2D eigenvalue weighted by Crippen LogP contribution is 2.29. The van der Waals surface area contributed by atoms with Gasteiger partial charge in [0.15, 0.2) is 0 Å². The van der Waals surface area contributed by atoms with Crippen molar-refractivity contribution >= 4 is 34.5 Å². The van der Waals surface area contributed by atoms with E-state index in [1.807, 2.05) is 23.1 Å². The molecule has 5 N–H and O–H groups in total. The predicted octanol–water partition coefficient (Wildman–Crippen LogP) is 2.14. The Balaban J connectivity index is 1.42. The zero-order valence-electron chi connectivity index (χ0n) is 22.4. The van der Waals surface area contributed by atoms with E-state index in [1.165, 1.54) is 5.69 Å². The maximum absolute atomic E-state index is 13.6. The number of carbonyl (C=O) groups is 3. The van der Waals surface area contributed by atoms with Crippen molar-refractivity contribution in [3.63, 3.8) is 0 Å². The highest BCUT2D eigenvalue weighted by molar-refractivity contribution is 5.98. The lowest BCUT2D eigenvalue weighted by Crippen LogP contribution is -2.50. The second kappa shape index (κ2) is 12.0. The molecule has 1 aromatic carbocycles. The summed E-state index contributed by atoms with van der Waals surface area (Å²) in [7, 11) is 0. The molecule has 0 radical (unpaired) electrons. The molecule has 206 valence electrons. The number of aromatic nitrogens is 1. The Morgan fingerprint density at radius 2 is 1.84 bits per heavy atom. The fourth-order valence-corrected chi connectivity index (χ4v) is 5.95. The number of esters is 1. The predicted molar refractivity (Wildman–Crippen MR) is 146 cm³/mol. The Morgan fingerprint density at radius 3 is 2.55 bits per heavy atom. The van der Waals surface area contributed by atoms with Gasteiger partial charge in [-0.25, -0.2) is 0 Å². The van der Waals surface area contributed by atoms with Crippen LogP contribution < -0.4 is 11.5 Å². The normalized spacial score (nSPS) is 20.2. The molecule has 38 heavy (non-hydrogen) atoms. The van der Waals surface area contributed by atoms with E-state index < -0.39 is 18.1 Å². The average Bonchev–Trinajstić information content (AvgIpc) is 3.64. The summed E-state index contributed by atoms with van der Waals surface area (Å²) < 4.78 is 7.18. The topological polar surface area (TPSA) is 148 Å². The van der Waals surface area contributed by atoms with E-state index in [-0.39, 0.29) is 36.7 Å². The van der Waals surface area contributed by atoms with Crippen molar-refractivity contribution in [3.8, 4) is 0 Å². The number of nitrogens with two attached hydrogens (primary N) is 2. The van der Waals surface area contributed by atoms with E-state index in [0.29, 0.717) is 25.1 Å². The van der Waals surface area contributed by atoms with Crippen LogP contribution in [0.1, 0.15) is 63.6 Å². The number of hydrogen-bond acceptors (Lipinski definition) is 6. The monoisotopic (exact) mass is 524 g/mol. The van der Waals surface area contributed by atoms with Gasteiger partial charge in [-0.05, 0) is 69.9 Å². The summed E-state index contributed by atoms with van der Waals surface area (Å²) in [6, 6.07) is 6.65. The quantitative estimate of drug-likeness (QED) is 0.246. The summed E-state index contributed by atoms with van der Waals surface area (Å²) in [5.41, 5.74) is 14.6. The minimum atomic E-state index is -1.02. The van der Waals surface area contributed by atoms with E-state index >= 15 is 0 Å². The van der Waals surface area contributed by atoms with Crippen LogP contribution in [0, 0.1) is 5.41 Å². The summed E-state index contributed by atoms with van der Waals surface area (Å²) in [6.07, 6.45) is 4.80. The van der Waals surface area contributed by atoms with Crippen molar-refractivity contribution in [2.75, 3.05) is 19.7 Å². The Kier molecular flexibility index (Phi) is 8.71. The molecular weight excluding hydrogens is 484 g/mol. The van der Waals surface area contributed by atoms with Gasteiger partial charge in [-0.2, -0.15) is 0 Å². The molecule has 2 saturated heterocycles. The number of likely N-dealkylation sites (tertiary alicyclic amines) is 2. The van der Waals surface area contributed by atoms with Gasteiger partial charge in [0.25, 0.3) is 0 Å². The zero-order chi connectivity index (χ0) is 27.4. The van der Waals surface area contributed by atoms with Crippen molar-refractivity contribution < 1.29 is 19.1 Å². The molecule has 1 aromatic heterocycles. The number of fused-ring (bicyclic) bond motifs is 1. The number of nitrogen functional groups attached to an aromatic ring is 1. The third kappa shape index (κ3) is 5.70. The molecule has 3 heterocycles. The largest absolute Gasteiger partial charge is 0.465 e. The summed E-state index contributed by atoms with van der Waals surface area (Å²) in [6.45, 7) is 6.01. The number of nitrogens with zero attached hydrogens (tertiary/aromatic N) is 3. The third-order valence-corrected chi connectivity index (χ3v) is 7.85. The van der Waals surface area contributed by atoms with Crippen molar-refractivity contribution in [3.05, 3.63) is 35.5 Å². The number of rotatable bonds is 10. The van der Waals surface area contributed by atoms with Gasteiger partial charge >= 0.3 is 5.97 Å². The number of aryl methyl sites for hydroxylation is 2. The molecule has 2 aliphatic rings. The maximum Gasteiger partial charge on any atom is 0.323 e. The van der Waals surface area contributed by atoms with E-state index in [1.54, 1.807) is 11.8 Å². The lowest BCUT2D eigenvalue weighted by molar-refractivity contribution is -0.149. The molecule has 0 unspecified atom stereocenters. The van der Waals surface area contributed by atoms with Gasteiger partial charge in [0.1, 0.15) is 17.9 Å². The molecule has 2 amide bonds. The van der Waals surface area contributed by atoms with Crippen molar-refractivity contribution in [2.45, 2.75) is 83.5 Å². The number of ether oxygens (including phenoxy) is 1. The molecule has 4 rings (SSSR count). The molecular formula is C28H40N6O4. The first-order valence-corrected chi connectivity index (χ1v) is 13.7. The molecule has 0 spiro atoms. The van der Waals surface area contributed by atoms with Crippen molar-refractivity contribution in [2.24, 2.45) is 11.5 Å². The number of amidine groups is 1. The number of hydrogen-bond donors (Lipinski definition) is 3. The van der Waals surface area contributed by atoms with Crippen LogP contribution in [0.25, 0.3) is 10.9 Å². The van der Waals surface area contributed by atoms with Gasteiger partial charge in [-0.15, -0.1) is 0 Å². The summed E-state index contributed by atoms with van der Waals surface area (Å²) in [4.78, 5) is 42.1. The molecule has 0 bridgehead atoms. The highest BCUT2D eigenvalue weighted by Gasteiger charge is 2.40. The molecule has 2 fully saturated rings. The van der Waals surface area contributed by atoms with E-state index in [2.05, 4.69) is 17.6 Å². The first kappa shape index (κ1) is 27.6. The molecule has 3 atom stereocenters. The van der Waals surface area contributed by atoms with Gasteiger partial charge in [0, 0.05) is 42.5 Å². The maximum atomic E-state index is 13.6. The number of nitrogens with one attached hydrogen (secondary N) is 1. The van der Waals surface area contributed by atoms with Crippen LogP contribution >= 0.6 is 0 Å². The Labute approximate surface area is 223 Å². The van der Waals surface area contributed by atoms with Gasteiger partial charge in [0.05, 0.1) is 13.0 Å². The lowest BCUT2D eigenvalue weighted by Gasteiger charge is -2.32. The number of benzene rings is 1. The van der Waals surface area contributed by atoms with Gasteiger partial charge in [0.2, 0.25) is 11.8 Å². The standard InChI is InChI=1S/C28H40N6O4/c1-3-32-21(15-18-9-10-19(26(30)31)16-24(18)32)12-11-20-7-5-13-33(20)27(36)23-8-6-14-34(23)25(35)17-22(29)28(37)38-4-2/h9-10,15-16,20,22-23H,3-8,11-14,17,29H2,1-2H3,(H3,30,31)/t20-,22-,23+/m0/s1. The van der Waals surface area contributed by atoms with E-state index in [4.69, 9.17) is 21.6 Å². The molecule has 2 aliphatic heterocycles. The second-order valence-electron chi connectivity index (χ2n) is 10.2. The van der Waals surface area contributed by atoms with Gasteiger partial charge < -0.3 is 30.6 Å².